The van der Waals surface area contributed by atoms with Crippen molar-refractivity contribution >= 4 is 17.8 Å². The van der Waals surface area contributed by atoms with E-state index >= 15 is 0 Å². The van der Waals surface area contributed by atoms with Gasteiger partial charge < -0.3 is 10.6 Å². The summed E-state index contributed by atoms with van der Waals surface area (Å²) >= 11 is 0. The van der Waals surface area contributed by atoms with Gasteiger partial charge in [-0.25, -0.2) is 0 Å². The van der Waals surface area contributed by atoms with Crippen molar-refractivity contribution in [2.45, 2.75) is 71.8 Å². The summed E-state index contributed by atoms with van der Waals surface area (Å²) in [5.74, 6) is 0.0131. The number of Topliss-reactive ketones (excluding diaryl/α,β-unsaturated/α-hetero) is 1. The minimum absolute atomic E-state index is 0.00211. The predicted octanol–water partition coefficient (Wildman–Crippen LogP) is 4.57. The lowest BCUT2D eigenvalue weighted by Gasteiger charge is -2.41. The van der Waals surface area contributed by atoms with Gasteiger partial charge >= 0.3 is 0 Å². The van der Waals surface area contributed by atoms with Crippen molar-refractivity contribution in [1.29, 1.82) is 0 Å². The summed E-state index contributed by atoms with van der Waals surface area (Å²) in [6.07, 6.45) is 7.56. The Bertz CT molecular complexity index is 813. The molecule has 1 spiro atoms. The third-order valence-corrected chi connectivity index (χ3v) is 7.40. The number of rotatable bonds is 6. The van der Waals surface area contributed by atoms with Crippen LogP contribution in [-0.4, -0.2) is 35.7 Å². The molecule has 1 aromatic rings. The Hall–Kier alpha value is -1.94. The third-order valence-electron chi connectivity index (χ3n) is 7.40. The maximum Gasteiger partial charge on any atom is 0.226 e. The summed E-state index contributed by atoms with van der Waals surface area (Å²) in [5.41, 5.74) is 8.66. The first-order valence-corrected chi connectivity index (χ1v) is 11.4. The maximum atomic E-state index is 13.5. The second kappa shape index (κ2) is 8.66. The van der Waals surface area contributed by atoms with Gasteiger partial charge in [0.25, 0.3) is 0 Å². The van der Waals surface area contributed by atoms with Crippen LogP contribution in [0.2, 0.25) is 0 Å². The smallest absolute Gasteiger partial charge is 0.226 e. The zero-order valence-corrected chi connectivity index (χ0v) is 19.3. The molecule has 1 aliphatic heterocycles. The molecule has 0 aromatic heterocycles. The van der Waals surface area contributed by atoms with E-state index < -0.39 is 6.04 Å². The molecule has 1 fully saturated rings. The molecule has 1 heterocycles. The highest BCUT2D eigenvalue weighted by Crippen LogP contribution is 2.44. The number of hydrogen-bond acceptors (Lipinski definition) is 3. The van der Waals surface area contributed by atoms with E-state index in [-0.39, 0.29) is 40.8 Å². The van der Waals surface area contributed by atoms with Crippen molar-refractivity contribution in [3.8, 4) is 0 Å². The molecular formula is C26H38N2O2. The summed E-state index contributed by atoms with van der Waals surface area (Å²) in [6.45, 7) is 11.6. The second-order valence-corrected chi connectivity index (χ2v) is 10.4. The molecule has 0 bridgehead atoms. The van der Waals surface area contributed by atoms with Gasteiger partial charge in [0, 0.05) is 30.8 Å². The fourth-order valence-corrected chi connectivity index (χ4v) is 4.87. The van der Waals surface area contributed by atoms with Gasteiger partial charge in [0.1, 0.15) is 0 Å². The van der Waals surface area contributed by atoms with Crippen LogP contribution in [0.15, 0.2) is 30.3 Å². The number of piperidine rings is 1. The maximum absolute atomic E-state index is 13.5. The Morgan fingerprint density at radius 2 is 1.80 bits per heavy atom. The van der Waals surface area contributed by atoms with Gasteiger partial charge in [-0.15, -0.1) is 0 Å². The number of ketones is 1. The first-order valence-electron chi connectivity index (χ1n) is 11.4. The number of benzene rings is 1. The van der Waals surface area contributed by atoms with Crippen molar-refractivity contribution < 1.29 is 9.59 Å². The fourth-order valence-electron chi connectivity index (χ4n) is 4.87. The van der Waals surface area contributed by atoms with E-state index in [1.165, 1.54) is 11.1 Å². The molecule has 1 saturated heterocycles. The van der Waals surface area contributed by atoms with Gasteiger partial charge in [-0.05, 0) is 35.3 Å². The van der Waals surface area contributed by atoms with E-state index in [1.54, 1.807) is 0 Å². The summed E-state index contributed by atoms with van der Waals surface area (Å²) in [7, 11) is 0. The minimum atomic E-state index is -0.540. The van der Waals surface area contributed by atoms with Crippen LogP contribution in [0.1, 0.15) is 71.4 Å². The molecule has 2 N–H and O–H groups in total. The van der Waals surface area contributed by atoms with Gasteiger partial charge in [-0.1, -0.05) is 77.5 Å². The van der Waals surface area contributed by atoms with Crippen molar-refractivity contribution in [3.05, 3.63) is 41.5 Å². The van der Waals surface area contributed by atoms with Crippen LogP contribution in [0.3, 0.4) is 0 Å². The fraction of sp³-hybridized carbons (Fsp3) is 0.615. The average Bonchev–Trinajstić information content (AvgIpc) is 3.08. The lowest BCUT2D eigenvalue weighted by Crippen LogP contribution is -2.49. The molecule has 0 unspecified atom stereocenters. The molecule has 30 heavy (non-hydrogen) atoms. The van der Waals surface area contributed by atoms with Crippen LogP contribution in [0, 0.1) is 17.3 Å². The molecule has 4 heteroatoms. The number of fused-ring (bicyclic) bond motifs is 2. The molecule has 3 atom stereocenters. The van der Waals surface area contributed by atoms with E-state index in [0.29, 0.717) is 0 Å². The lowest BCUT2D eigenvalue weighted by molar-refractivity contribution is -0.141. The Balaban J connectivity index is 1.70. The van der Waals surface area contributed by atoms with E-state index in [4.69, 9.17) is 5.73 Å². The topological polar surface area (TPSA) is 63.4 Å². The largest absolute Gasteiger partial charge is 0.342 e. The number of amides is 1. The highest BCUT2D eigenvalue weighted by molar-refractivity contribution is 5.90. The molecule has 1 aliphatic carbocycles. The van der Waals surface area contributed by atoms with Crippen LogP contribution in [0.25, 0.3) is 6.08 Å². The first kappa shape index (κ1) is 22.7. The number of carbonyl (C=O) groups is 2. The predicted molar refractivity (Wildman–Crippen MR) is 123 cm³/mol. The molecule has 2 aliphatic rings. The van der Waals surface area contributed by atoms with E-state index in [2.05, 4.69) is 50.3 Å². The van der Waals surface area contributed by atoms with Gasteiger partial charge in [0.05, 0.1) is 6.04 Å². The Kier molecular flexibility index (Phi) is 6.57. The first-order chi connectivity index (χ1) is 14.1. The Morgan fingerprint density at radius 1 is 1.17 bits per heavy atom. The molecule has 0 saturated carbocycles. The lowest BCUT2D eigenvalue weighted by atomic mass is 9.74. The van der Waals surface area contributed by atoms with Crippen LogP contribution >= 0.6 is 0 Å². The van der Waals surface area contributed by atoms with Crippen molar-refractivity contribution in [2.24, 2.45) is 23.0 Å². The van der Waals surface area contributed by atoms with Gasteiger partial charge in [-0.3, -0.25) is 9.59 Å². The summed E-state index contributed by atoms with van der Waals surface area (Å²) in [5, 5.41) is 0. The number of nitrogens with zero attached hydrogens (tertiary/aromatic N) is 1. The SMILES string of the molecule is CC[C@H](C)[C@H](CC(=O)[C@@H](N)C(C)(C)C)C(=O)N1CCC2(C=Cc3ccccc32)CC1. The van der Waals surface area contributed by atoms with E-state index in [9.17, 15) is 9.59 Å². The van der Waals surface area contributed by atoms with Crippen molar-refractivity contribution in [1.82, 2.24) is 4.90 Å². The summed E-state index contributed by atoms with van der Waals surface area (Å²) < 4.78 is 0. The minimum Gasteiger partial charge on any atom is -0.342 e. The number of hydrogen-bond donors (Lipinski definition) is 1. The number of nitrogens with two attached hydrogens (primary N) is 1. The second-order valence-electron chi connectivity index (χ2n) is 10.4. The molecule has 1 aromatic carbocycles. The molecule has 4 nitrogen and oxygen atoms in total. The van der Waals surface area contributed by atoms with Gasteiger partial charge in [0.15, 0.2) is 5.78 Å². The van der Waals surface area contributed by atoms with Crippen molar-refractivity contribution in [2.75, 3.05) is 13.1 Å². The summed E-state index contributed by atoms with van der Waals surface area (Å²) in [6, 6.07) is 8.04. The zero-order valence-electron chi connectivity index (χ0n) is 19.3. The highest BCUT2D eigenvalue weighted by atomic mass is 16.2. The third kappa shape index (κ3) is 4.39. The normalized spacial score (nSPS) is 20.7. The van der Waals surface area contributed by atoms with E-state index in [1.807, 2.05) is 25.7 Å². The summed E-state index contributed by atoms with van der Waals surface area (Å²) in [4.78, 5) is 28.3. The van der Waals surface area contributed by atoms with Crippen LogP contribution in [-0.2, 0) is 15.0 Å². The standard InChI is InChI=1S/C26H38N2O2/c1-6-18(2)20(17-22(29)23(27)25(3,4)5)24(30)28-15-13-26(14-16-28)12-11-19-9-7-8-10-21(19)26/h7-12,18,20,23H,6,13-17,27H2,1-5H3/t18-,20-,23+/m0/s1. The van der Waals surface area contributed by atoms with Crippen LogP contribution in [0.5, 0.6) is 0 Å². The zero-order chi connectivity index (χ0) is 22.1. The van der Waals surface area contributed by atoms with Crippen LogP contribution in [0.4, 0.5) is 0 Å². The molecule has 1 amide bonds. The van der Waals surface area contributed by atoms with E-state index in [0.717, 1.165) is 32.4 Å². The van der Waals surface area contributed by atoms with Gasteiger partial charge in [0.2, 0.25) is 5.91 Å². The van der Waals surface area contributed by atoms with Gasteiger partial charge in [-0.2, -0.15) is 0 Å². The molecule has 164 valence electrons. The number of carbonyl (C=O) groups excluding carboxylic acids is 2. The highest BCUT2D eigenvalue weighted by Gasteiger charge is 2.41. The van der Waals surface area contributed by atoms with Crippen molar-refractivity contribution in [3.63, 3.8) is 0 Å². The average molecular weight is 411 g/mol. The molecular weight excluding hydrogens is 372 g/mol. The number of likely N-dealkylation sites (tertiary alicyclic amines) is 1. The van der Waals surface area contributed by atoms with Crippen LogP contribution < -0.4 is 5.73 Å². The molecule has 3 rings (SSSR count). The number of allylic oxidation sites excluding steroid dienone is 1. The molecule has 0 radical (unpaired) electrons. The monoisotopic (exact) mass is 410 g/mol. The Labute approximate surface area is 181 Å². The Morgan fingerprint density at radius 3 is 2.40 bits per heavy atom. The quantitative estimate of drug-likeness (QED) is 0.747.